The van der Waals surface area contributed by atoms with Crippen LogP contribution in [0.1, 0.15) is 64.2 Å². The van der Waals surface area contributed by atoms with Crippen LogP contribution in [-0.4, -0.2) is 14.2 Å². The Morgan fingerprint density at radius 2 is 1.20 bits per heavy atom. The molecule has 2 aromatic carbocycles. The molecule has 0 amide bonds. The van der Waals surface area contributed by atoms with E-state index >= 15 is 0 Å². The molecule has 0 bridgehead atoms. The summed E-state index contributed by atoms with van der Waals surface area (Å²) in [5.74, 6) is 1.59. The average molecular weight is 520 g/mol. The molecule has 0 aromatic heterocycles. The number of hydrogen-bond donors (Lipinski definition) is 0. The van der Waals surface area contributed by atoms with Crippen LogP contribution in [0.4, 0.5) is 0 Å². The van der Waals surface area contributed by atoms with Crippen LogP contribution in [0, 0.1) is 18.9 Å². The van der Waals surface area contributed by atoms with Crippen molar-refractivity contribution >= 4 is 9.90 Å². The Morgan fingerprint density at radius 3 is 1.50 bits per heavy atom. The van der Waals surface area contributed by atoms with Gasteiger partial charge in [-0.2, -0.15) is 35.6 Å². The Labute approximate surface area is 201 Å². The zero-order valence-electron chi connectivity index (χ0n) is 18.6. The van der Waals surface area contributed by atoms with E-state index in [9.17, 15) is 0 Å². The van der Waals surface area contributed by atoms with Gasteiger partial charge in [0.25, 0.3) is 0 Å². The van der Waals surface area contributed by atoms with Gasteiger partial charge in [0, 0.05) is 20.4 Å². The van der Waals surface area contributed by atoms with Crippen molar-refractivity contribution in [3.05, 3.63) is 61.4 Å². The van der Waals surface area contributed by atoms with Crippen LogP contribution in [0.15, 0.2) is 42.5 Å². The van der Waals surface area contributed by atoms with Crippen LogP contribution in [0.3, 0.4) is 0 Å². The third kappa shape index (κ3) is 11.0. The molecular formula is C26H38O2PPd-3. The summed E-state index contributed by atoms with van der Waals surface area (Å²) in [5, 5.41) is 0. The number of hydrogen-bond acceptors (Lipinski definition) is 2. The summed E-state index contributed by atoms with van der Waals surface area (Å²) in [7, 11) is 3.31. The van der Waals surface area contributed by atoms with Crippen molar-refractivity contribution in [2.45, 2.75) is 64.2 Å². The van der Waals surface area contributed by atoms with Gasteiger partial charge in [0.1, 0.15) is 0 Å². The van der Waals surface area contributed by atoms with Crippen molar-refractivity contribution in [2.24, 2.45) is 0 Å². The molecule has 1 unspecified atom stereocenters. The molecule has 0 spiro atoms. The van der Waals surface area contributed by atoms with Crippen molar-refractivity contribution in [2.75, 3.05) is 14.2 Å². The Bertz CT molecular complexity index is 583. The molecule has 2 aliphatic rings. The van der Waals surface area contributed by atoms with Crippen LogP contribution in [-0.2, 0) is 20.4 Å². The molecule has 2 nitrogen and oxygen atoms in total. The predicted molar refractivity (Wildman–Crippen MR) is 130 cm³/mol. The zero-order chi connectivity index (χ0) is 19.9. The minimum Gasteiger partial charge on any atom is -0.506 e. The Kier molecular flexibility index (Phi) is 18.3. The van der Waals surface area contributed by atoms with Gasteiger partial charge in [-0.3, -0.25) is 0 Å². The first-order valence-corrected chi connectivity index (χ1v) is 10.7. The summed E-state index contributed by atoms with van der Waals surface area (Å²) in [6, 6.07) is 16.7. The number of methoxy groups -OCH3 is 2. The maximum atomic E-state index is 5.34. The van der Waals surface area contributed by atoms with Crippen molar-refractivity contribution in [1.82, 2.24) is 0 Å². The van der Waals surface area contributed by atoms with Crippen LogP contribution in [0.2, 0.25) is 0 Å². The zero-order valence-corrected chi connectivity index (χ0v) is 21.6. The van der Waals surface area contributed by atoms with Crippen molar-refractivity contribution in [3.63, 3.8) is 0 Å². The van der Waals surface area contributed by atoms with Gasteiger partial charge in [0.2, 0.25) is 0 Å². The summed E-state index contributed by atoms with van der Waals surface area (Å²) < 4.78 is 10.7. The Hall–Kier alpha value is -0.868. The SMILES string of the molecule is COc1cccc(OC)c1-c1[c-]cccc1.P.[CH-]1CCCCC1.[CH-]1CCCCC1.[Pd]. The van der Waals surface area contributed by atoms with E-state index in [-0.39, 0.29) is 30.3 Å². The van der Waals surface area contributed by atoms with E-state index < -0.39 is 0 Å². The molecule has 4 rings (SSSR count). The molecule has 0 aliphatic heterocycles. The summed E-state index contributed by atoms with van der Waals surface area (Å²) in [6.45, 7) is 0. The van der Waals surface area contributed by atoms with Gasteiger partial charge in [-0.05, 0) is 17.7 Å². The molecule has 2 fully saturated rings. The summed E-state index contributed by atoms with van der Waals surface area (Å²) in [4.78, 5) is 0. The van der Waals surface area contributed by atoms with E-state index in [1.54, 1.807) is 14.2 Å². The number of benzene rings is 2. The van der Waals surface area contributed by atoms with Gasteiger partial charge >= 0.3 is 0 Å². The van der Waals surface area contributed by atoms with Crippen LogP contribution >= 0.6 is 9.90 Å². The first kappa shape index (κ1) is 29.1. The van der Waals surface area contributed by atoms with Crippen LogP contribution in [0.25, 0.3) is 11.1 Å². The largest absolute Gasteiger partial charge is 0.506 e. The minimum atomic E-state index is 0. The number of ether oxygens (including phenoxy) is 2. The summed E-state index contributed by atoms with van der Waals surface area (Å²) in [6.07, 6.45) is 19.0. The van der Waals surface area contributed by atoms with Crippen molar-refractivity contribution < 1.29 is 29.9 Å². The second-order valence-electron chi connectivity index (χ2n) is 7.17. The van der Waals surface area contributed by atoms with Crippen LogP contribution in [0.5, 0.6) is 11.5 Å². The first-order chi connectivity index (χ1) is 13.9. The molecule has 30 heavy (non-hydrogen) atoms. The van der Waals surface area contributed by atoms with E-state index in [4.69, 9.17) is 9.47 Å². The van der Waals surface area contributed by atoms with E-state index in [2.05, 4.69) is 18.9 Å². The fourth-order valence-electron chi connectivity index (χ4n) is 3.46. The predicted octanol–water partition coefficient (Wildman–Crippen LogP) is 7.54. The standard InChI is InChI=1S/C14H13O2.2C6H11.H3P.Pd/c1-15-12-9-6-10-13(16-2)14(12)11-7-4-3-5-8-11;2*1-2-4-6-5-3-1;;/h3-7,9-10H,1-2H3;2*1H,2-6H2;1H3;/q3*-1;;. The molecular weight excluding hydrogens is 482 g/mol. The van der Waals surface area contributed by atoms with E-state index in [0.29, 0.717) is 0 Å². The molecule has 4 heteroatoms. The molecule has 2 saturated carbocycles. The molecule has 0 N–H and O–H groups in total. The minimum absolute atomic E-state index is 0. The topological polar surface area (TPSA) is 18.5 Å². The van der Waals surface area contributed by atoms with Gasteiger partial charge in [-0.15, -0.1) is 35.9 Å². The molecule has 0 radical (unpaired) electrons. The van der Waals surface area contributed by atoms with Crippen molar-refractivity contribution in [1.29, 1.82) is 0 Å². The van der Waals surface area contributed by atoms with Gasteiger partial charge in [0.15, 0.2) is 0 Å². The molecule has 2 aliphatic carbocycles. The normalized spacial score (nSPS) is 14.9. The van der Waals surface area contributed by atoms with Crippen LogP contribution < -0.4 is 9.47 Å². The Balaban J connectivity index is 0.000000497. The first-order valence-electron chi connectivity index (χ1n) is 10.7. The van der Waals surface area contributed by atoms with Gasteiger partial charge in [-0.1, -0.05) is 44.6 Å². The molecule has 0 saturated heterocycles. The molecule has 2 aromatic rings. The van der Waals surface area contributed by atoms with E-state index in [0.717, 1.165) is 22.6 Å². The molecule has 172 valence electrons. The molecule has 0 heterocycles. The maximum Gasteiger partial charge on any atom is 0.0889 e. The quantitative estimate of drug-likeness (QED) is 0.237. The van der Waals surface area contributed by atoms with Crippen molar-refractivity contribution in [3.8, 4) is 22.6 Å². The van der Waals surface area contributed by atoms with Gasteiger partial charge in [-0.25, -0.2) is 0 Å². The second kappa shape index (κ2) is 18.9. The average Bonchev–Trinajstić information content (AvgIpc) is 2.82. The van der Waals surface area contributed by atoms with Gasteiger partial charge in [0.05, 0.1) is 25.7 Å². The van der Waals surface area contributed by atoms with E-state index in [1.807, 2.05) is 42.5 Å². The molecule has 1 atom stereocenters. The maximum absolute atomic E-state index is 5.34. The summed E-state index contributed by atoms with van der Waals surface area (Å²) >= 11 is 0. The fourth-order valence-corrected chi connectivity index (χ4v) is 3.46. The summed E-state index contributed by atoms with van der Waals surface area (Å²) in [5.41, 5.74) is 1.91. The van der Waals surface area contributed by atoms with Gasteiger partial charge < -0.3 is 22.3 Å². The fraction of sp³-hybridized carbons (Fsp3) is 0.462. The Morgan fingerprint density at radius 1 is 0.700 bits per heavy atom. The third-order valence-electron chi connectivity index (χ3n) is 5.04. The van der Waals surface area contributed by atoms with E-state index in [1.165, 1.54) is 64.2 Å². The monoisotopic (exact) mass is 519 g/mol. The second-order valence-corrected chi connectivity index (χ2v) is 7.17. The third-order valence-corrected chi connectivity index (χ3v) is 5.04. The number of rotatable bonds is 3. The smallest absolute Gasteiger partial charge is 0.0889 e.